The molecule has 1 rings (SSSR count). The minimum atomic E-state index is -3.33. The lowest BCUT2D eigenvalue weighted by Crippen LogP contribution is -2.35. The number of sulfonamides is 1. The molecule has 0 radical (unpaired) electrons. The fourth-order valence-corrected chi connectivity index (χ4v) is 2.00. The van der Waals surface area contributed by atoms with Gasteiger partial charge < -0.3 is 5.32 Å². The van der Waals surface area contributed by atoms with E-state index >= 15 is 0 Å². The van der Waals surface area contributed by atoms with Crippen LogP contribution in [0.15, 0.2) is 29.2 Å². The van der Waals surface area contributed by atoms with Gasteiger partial charge in [0, 0.05) is 12.1 Å². The molecule has 0 aliphatic heterocycles. The summed E-state index contributed by atoms with van der Waals surface area (Å²) in [5, 5.41) is 3.35. The highest BCUT2D eigenvalue weighted by molar-refractivity contribution is 7.89. The molecule has 17 heavy (non-hydrogen) atoms. The fourth-order valence-electron chi connectivity index (χ4n) is 1.27. The molecule has 1 aromatic rings. The van der Waals surface area contributed by atoms with E-state index in [9.17, 15) is 8.42 Å². The number of hydrogen-bond donors (Lipinski definition) is 2. The van der Waals surface area contributed by atoms with Crippen LogP contribution in [0.25, 0.3) is 0 Å². The van der Waals surface area contributed by atoms with Crippen molar-refractivity contribution < 1.29 is 8.42 Å². The molecule has 0 aliphatic rings. The van der Waals surface area contributed by atoms with Gasteiger partial charge in [-0.1, -0.05) is 12.1 Å². The van der Waals surface area contributed by atoms with Crippen LogP contribution >= 0.6 is 0 Å². The molecule has 0 saturated heterocycles. The summed E-state index contributed by atoms with van der Waals surface area (Å²) in [6, 6.07) is 6.88. The molecule has 0 amide bonds. The van der Waals surface area contributed by atoms with E-state index in [-0.39, 0.29) is 5.54 Å². The Balaban J connectivity index is 2.76. The summed E-state index contributed by atoms with van der Waals surface area (Å²) in [5.74, 6) is 0. The first-order chi connectivity index (χ1) is 7.74. The second-order valence-corrected chi connectivity index (χ2v) is 6.84. The maximum atomic E-state index is 11.5. The highest BCUT2D eigenvalue weighted by Crippen LogP contribution is 2.11. The summed E-state index contributed by atoms with van der Waals surface area (Å²) in [6.07, 6.45) is 0. The van der Waals surface area contributed by atoms with Gasteiger partial charge in [0.25, 0.3) is 0 Å². The largest absolute Gasteiger partial charge is 0.308 e. The Morgan fingerprint density at radius 2 is 1.65 bits per heavy atom. The maximum Gasteiger partial charge on any atom is 0.240 e. The predicted octanol–water partition coefficient (Wildman–Crippen LogP) is 1.48. The third-order valence-electron chi connectivity index (χ3n) is 2.33. The molecule has 0 heterocycles. The Morgan fingerprint density at radius 3 is 2.06 bits per heavy atom. The Labute approximate surface area is 103 Å². The van der Waals surface area contributed by atoms with E-state index in [0.717, 1.165) is 12.1 Å². The van der Waals surface area contributed by atoms with Gasteiger partial charge in [-0.3, -0.25) is 0 Å². The lowest BCUT2D eigenvalue weighted by molar-refractivity contribution is 0.424. The van der Waals surface area contributed by atoms with Gasteiger partial charge in [0.2, 0.25) is 10.0 Å². The van der Waals surface area contributed by atoms with Crippen LogP contribution in [0.1, 0.15) is 26.3 Å². The van der Waals surface area contributed by atoms with Crippen LogP contribution in [0.3, 0.4) is 0 Å². The molecule has 0 fully saturated rings. The van der Waals surface area contributed by atoms with E-state index in [2.05, 4.69) is 30.8 Å². The first-order valence-corrected chi connectivity index (χ1v) is 7.00. The summed E-state index contributed by atoms with van der Waals surface area (Å²) in [6.45, 7) is 7.00. The average Bonchev–Trinajstić information content (AvgIpc) is 2.26. The molecular formula is C12H20N2O2S. The molecule has 0 bridgehead atoms. The third-order valence-corrected chi connectivity index (χ3v) is 3.76. The summed E-state index contributed by atoms with van der Waals surface area (Å²) < 4.78 is 25.3. The lowest BCUT2D eigenvalue weighted by Gasteiger charge is -2.20. The van der Waals surface area contributed by atoms with Crippen LogP contribution in [-0.2, 0) is 16.6 Å². The minimum absolute atomic E-state index is 0.0513. The van der Waals surface area contributed by atoms with Crippen molar-refractivity contribution in [1.82, 2.24) is 10.0 Å². The molecule has 4 nitrogen and oxygen atoms in total. The molecule has 96 valence electrons. The van der Waals surface area contributed by atoms with Crippen LogP contribution in [-0.4, -0.2) is 21.0 Å². The Morgan fingerprint density at radius 1 is 1.12 bits per heavy atom. The van der Waals surface area contributed by atoms with Gasteiger partial charge in [0.05, 0.1) is 4.90 Å². The molecule has 2 N–H and O–H groups in total. The number of benzene rings is 1. The van der Waals surface area contributed by atoms with Crippen molar-refractivity contribution in [2.24, 2.45) is 0 Å². The van der Waals surface area contributed by atoms with Crippen molar-refractivity contribution in [2.75, 3.05) is 7.05 Å². The van der Waals surface area contributed by atoms with Crippen molar-refractivity contribution >= 4 is 10.0 Å². The SMILES string of the molecule is CNS(=O)(=O)c1ccc(CNC(C)(C)C)cc1. The number of hydrogen-bond acceptors (Lipinski definition) is 3. The summed E-state index contributed by atoms with van der Waals surface area (Å²) in [5.41, 5.74) is 1.12. The van der Waals surface area contributed by atoms with Crippen LogP contribution < -0.4 is 10.0 Å². The monoisotopic (exact) mass is 256 g/mol. The summed E-state index contributed by atoms with van der Waals surface area (Å²) in [4.78, 5) is 0.291. The Bertz CT molecular complexity index is 458. The van der Waals surface area contributed by atoms with Crippen molar-refractivity contribution in [3.8, 4) is 0 Å². The molecule has 0 saturated carbocycles. The van der Waals surface area contributed by atoms with Crippen molar-refractivity contribution in [2.45, 2.75) is 37.8 Å². The van der Waals surface area contributed by atoms with Crippen LogP contribution in [0.4, 0.5) is 0 Å². The van der Waals surface area contributed by atoms with Crippen molar-refractivity contribution in [3.05, 3.63) is 29.8 Å². The molecule has 0 aromatic heterocycles. The molecule has 1 aromatic carbocycles. The van der Waals surface area contributed by atoms with Gasteiger partial charge >= 0.3 is 0 Å². The Hall–Kier alpha value is -0.910. The summed E-state index contributed by atoms with van der Waals surface area (Å²) in [7, 11) is -1.92. The van der Waals surface area contributed by atoms with Crippen molar-refractivity contribution in [3.63, 3.8) is 0 Å². The quantitative estimate of drug-likeness (QED) is 0.858. The highest BCUT2D eigenvalue weighted by Gasteiger charge is 2.11. The van der Waals surface area contributed by atoms with E-state index in [0.29, 0.717) is 4.90 Å². The van der Waals surface area contributed by atoms with Crippen molar-refractivity contribution in [1.29, 1.82) is 0 Å². The molecular weight excluding hydrogens is 236 g/mol. The van der Waals surface area contributed by atoms with E-state index < -0.39 is 10.0 Å². The molecule has 5 heteroatoms. The smallest absolute Gasteiger partial charge is 0.240 e. The minimum Gasteiger partial charge on any atom is -0.308 e. The first kappa shape index (κ1) is 14.2. The molecule has 0 atom stereocenters. The Kier molecular flexibility index (Phi) is 4.30. The van der Waals surface area contributed by atoms with Gasteiger partial charge in [-0.05, 0) is 45.5 Å². The van der Waals surface area contributed by atoms with Gasteiger partial charge in [-0.2, -0.15) is 0 Å². The van der Waals surface area contributed by atoms with E-state index in [1.165, 1.54) is 7.05 Å². The standard InChI is InChI=1S/C12H20N2O2S/c1-12(2,3)14-9-10-5-7-11(8-6-10)17(15,16)13-4/h5-8,13-14H,9H2,1-4H3. The van der Waals surface area contributed by atoms with Gasteiger partial charge in [0.1, 0.15) is 0 Å². The maximum absolute atomic E-state index is 11.5. The van der Waals surface area contributed by atoms with Gasteiger partial charge in [-0.25, -0.2) is 13.1 Å². The van der Waals surface area contributed by atoms with Gasteiger partial charge in [0.15, 0.2) is 0 Å². The van der Waals surface area contributed by atoms with Crippen LogP contribution in [0.5, 0.6) is 0 Å². The molecule has 0 spiro atoms. The summed E-state index contributed by atoms with van der Waals surface area (Å²) >= 11 is 0. The zero-order chi connectivity index (χ0) is 13.1. The lowest BCUT2D eigenvalue weighted by atomic mass is 10.1. The zero-order valence-electron chi connectivity index (χ0n) is 10.7. The van der Waals surface area contributed by atoms with E-state index in [1.54, 1.807) is 12.1 Å². The predicted molar refractivity (Wildman–Crippen MR) is 69.3 cm³/mol. The van der Waals surface area contributed by atoms with E-state index in [4.69, 9.17) is 0 Å². The zero-order valence-corrected chi connectivity index (χ0v) is 11.6. The molecule has 0 unspecified atom stereocenters. The normalized spacial score (nSPS) is 12.7. The number of rotatable bonds is 4. The van der Waals surface area contributed by atoms with Crippen LogP contribution in [0, 0.1) is 0 Å². The third kappa shape index (κ3) is 4.46. The average molecular weight is 256 g/mol. The molecule has 0 aliphatic carbocycles. The highest BCUT2D eigenvalue weighted by atomic mass is 32.2. The van der Waals surface area contributed by atoms with E-state index in [1.807, 2.05) is 12.1 Å². The first-order valence-electron chi connectivity index (χ1n) is 5.52. The fraction of sp³-hybridized carbons (Fsp3) is 0.500. The van der Waals surface area contributed by atoms with Gasteiger partial charge in [-0.15, -0.1) is 0 Å². The second kappa shape index (κ2) is 5.16. The number of nitrogens with one attached hydrogen (secondary N) is 2. The second-order valence-electron chi connectivity index (χ2n) is 4.96. The van der Waals surface area contributed by atoms with Crippen LogP contribution in [0.2, 0.25) is 0 Å². The topological polar surface area (TPSA) is 58.2 Å².